The van der Waals surface area contributed by atoms with Crippen molar-refractivity contribution in [2.75, 3.05) is 13.7 Å². The second-order valence-corrected chi connectivity index (χ2v) is 6.30. The molecule has 1 unspecified atom stereocenters. The highest BCUT2D eigenvalue weighted by molar-refractivity contribution is 7.89. The number of halogens is 1. The molecular formula is C14H15FN2O3S. The molecule has 1 aromatic rings. The Kier molecular flexibility index (Phi) is 5.86. The Morgan fingerprint density at radius 1 is 1.48 bits per heavy atom. The van der Waals surface area contributed by atoms with Crippen LogP contribution in [0.3, 0.4) is 0 Å². The normalized spacial score (nSPS) is 12.4. The van der Waals surface area contributed by atoms with Crippen LogP contribution in [0.25, 0.3) is 0 Å². The number of nitrogens with zero attached hydrogens (tertiary/aromatic N) is 2. The lowest BCUT2D eigenvalue weighted by molar-refractivity contribution is 0.350. The van der Waals surface area contributed by atoms with Gasteiger partial charge in [0.25, 0.3) is 0 Å². The van der Waals surface area contributed by atoms with E-state index < -0.39 is 26.8 Å². The summed E-state index contributed by atoms with van der Waals surface area (Å²) in [5.41, 5.74) is 0.272. The first-order valence-electron chi connectivity index (χ1n) is 6.09. The van der Waals surface area contributed by atoms with E-state index in [9.17, 15) is 12.8 Å². The molecule has 0 amide bonds. The highest BCUT2D eigenvalue weighted by Gasteiger charge is 2.28. The van der Waals surface area contributed by atoms with E-state index in [4.69, 9.17) is 10.4 Å². The molecule has 112 valence electrons. The maximum absolute atomic E-state index is 14.0. The lowest BCUT2D eigenvalue weighted by Crippen LogP contribution is -2.35. The number of benzene rings is 1. The number of rotatable bonds is 4. The number of nitriles is 1. The molecule has 0 saturated heterocycles. The first-order valence-corrected chi connectivity index (χ1v) is 7.53. The zero-order valence-electron chi connectivity index (χ0n) is 11.7. The summed E-state index contributed by atoms with van der Waals surface area (Å²) in [6, 6.07) is 4.80. The molecule has 1 aromatic carbocycles. The summed E-state index contributed by atoms with van der Waals surface area (Å²) >= 11 is 0. The van der Waals surface area contributed by atoms with Crippen LogP contribution in [-0.2, 0) is 10.0 Å². The Morgan fingerprint density at radius 2 is 2.14 bits per heavy atom. The number of aliphatic hydroxyl groups excluding tert-OH is 1. The minimum atomic E-state index is -4.02. The van der Waals surface area contributed by atoms with E-state index in [1.807, 2.05) is 6.07 Å². The number of hydrogen-bond donors (Lipinski definition) is 1. The average Bonchev–Trinajstić information content (AvgIpc) is 2.44. The van der Waals surface area contributed by atoms with E-state index >= 15 is 0 Å². The van der Waals surface area contributed by atoms with Crippen molar-refractivity contribution in [1.29, 1.82) is 5.26 Å². The smallest absolute Gasteiger partial charge is 0.246 e. The Bertz CT molecular complexity index is 714. The first-order chi connectivity index (χ1) is 9.84. The van der Waals surface area contributed by atoms with Crippen molar-refractivity contribution >= 4 is 10.0 Å². The van der Waals surface area contributed by atoms with Gasteiger partial charge in [-0.1, -0.05) is 11.8 Å². The van der Waals surface area contributed by atoms with Gasteiger partial charge >= 0.3 is 0 Å². The zero-order chi connectivity index (χ0) is 16.0. The van der Waals surface area contributed by atoms with Gasteiger partial charge in [-0.15, -0.1) is 0 Å². The van der Waals surface area contributed by atoms with Gasteiger partial charge in [0.05, 0.1) is 12.5 Å². The van der Waals surface area contributed by atoms with Crippen LogP contribution in [0.4, 0.5) is 4.39 Å². The van der Waals surface area contributed by atoms with Crippen LogP contribution < -0.4 is 0 Å². The molecule has 21 heavy (non-hydrogen) atoms. The SMILES string of the molecule is CC(CC#N)N(C)S(=O)(=O)c1ccc(C#CCO)cc1F. The van der Waals surface area contributed by atoms with E-state index in [1.54, 1.807) is 6.92 Å². The van der Waals surface area contributed by atoms with Gasteiger partial charge in [0.2, 0.25) is 10.0 Å². The molecule has 0 saturated carbocycles. The maximum Gasteiger partial charge on any atom is 0.246 e. The molecule has 0 aliphatic rings. The molecule has 0 bridgehead atoms. The van der Waals surface area contributed by atoms with Gasteiger partial charge in [-0.2, -0.15) is 9.57 Å². The Hall–Kier alpha value is -1.93. The molecule has 0 radical (unpaired) electrons. The van der Waals surface area contributed by atoms with E-state index in [0.717, 1.165) is 16.4 Å². The Labute approximate surface area is 123 Å². The highest BCUT2D eigenvalue weighted by atomic mass is 32.2. The van der Waals surface area contributed by atoms with Crippen molar-refractivity contribution in [3.05, 3.63) is 29.6 Å². The molecule has 0 aliphatic heterocycles. The Balaban J connectivity index is 3.18. The van der Waals surface area contributed by atoms with E-state index in [1.165, 1.54) is 13.1 Å². The standard InChI is InChI=1S/C14H15FN2O3S/c1-11(7-8-16)17(2)21(19,20)14-6-5-12(4-3-9-18)10-13(14)15/h5-6,10-11,18H,7,9H2,1-2H3. The van der Waals surface area contributed by atoms with Crippen molar-refractivity contribution in [2.45, 2.75) is 24.3 Å². The van der Waals surface area contributed by atoms with Gasteiger partial charge in [-0.05, 0) is 25.1 Å². The van der Waals surface area contributed by atoms with Gasteiger partial charge < -0.3 is 5.11 Å². The molecule has 1 atom stereocenters. The van der Waals surface area contributed by atoms with E-state index in [0.29, 0.717) is 0 Å². The summed E-state index contributed by atoms with van der Waals surface area (Å²) < 4.78 is 39.5. The summed E-state index contributed by atoms with van der Waals surface area (Å²) in [7, 11) is -2.72. The van der Waals surface area contributed by atoms with Crippen LogP contribution >= 0.6 is 0 Å². The third-order valence-electron chi connectivity index (χ3n) is 2.91. The topological polar surface area (TPSA) is 81.4 Å². The van der Waals surface area contributed by atoms with Gasteiger partial charge in [0.15, 0.2) is 0 Å². The second-order valence-electron chi connectivity index (χ2n) is 4.34. The van der Waals surface area contributed by atoms with Crippen LogP contribution in [-0.4, -0.2) is 37.5 Å². The largest absolute Gasteiger partial charge is 0.384 e. The summed E-state index contributed by atoms with van der Waals surface area (Å²) in [4.78, 5) is -0.468. The monoisotopic (exact) mass is 310 g/mol. The molecule has 0 heterocycles. The number of aliphatic hydroxyl groups is 1. The Morgan fingerprint density at radius 3 is 2.67 bits per heavy atom. The van der Waals surface area contributed by atoms with Crippen LogP contribution in [0.2, 0.25) is 0 Å². The van der Waals surface area contributed by atoms with Crippen molar-refractivity contribution < 1.29 is 17.9 Å². The lowest BCUT2D eigenvalue weighted by atomic mass is 10.2. The maximum atomic E-state index is 14.0. The molecule has 0 aromatic heterocycles. The van der Waals surface area contributed by atoms with Crippen molar-refractivity contribution in [3.8, 4) is 17.9 Å². The van der Waals surface area contributed by atoms with Crippen LogP contribution in [0.5, 0.6) is 0 Å². The van der Waals surface area contributed by atoms with Crippen molar-refractivity contribution in [2.24, 2.45) is 0 Å². The molecule has 0 aliphatic carbocycles. The fourth-order valence-electron chi connectivity index (χ4n) is 1.58. The molecule has 7 heteroatoms. The summed E-state index contributed by atoms with van der Waals surface area (Å²) in [6.07, 6.45) is 0.0113. The van der Waals surface area contributed by atoms with Crippen LogP contribution in [0.1, 0.15) is 18.9 Å². The highest BCUT2D eigenvalue weighted by Crippen LogP contribution is 2.21. The van der Waals surface area contributed by atoms with Gasteiger partial charge in [0, 0.05) is 18.7 Å². The fraction of sp³-hybridized carbons (Fsp3) is 0.357. The van der Waals surface area contributed by atoms with Crippen molar-refractivity contribution in [3.63, 3.8) is 0 Å². The quantitative estimate of drug-likeness (QED) is 0.844. The number of hydrogen-bond acceptors (Lipinski definition) is 4. The zero-order valence-corrected chi connectivity index (χ0v) is 12.5. The van der Waals surface area contributed by atoms with Gasteiger partial charge in [-0.3, -0.25) is 0 Å². The minimum Gasteiger partial charge on any atom is -0.384 e. The predicted molar refractivity (Wildman–Crippen MR) is 75.0 cm³/mol. The third kappa shape index (κ3) is 4.02. The third-order valence-corrected chi connectivity index (χ3v) is 4.91. The van der Waals surface area contributed by atoms with Crippen LogP contribution in [0.15, 0.2) is 23.1 Å². The van der Waals surface area contributed by atoms with E-state index in [2.05, 4.69) is 11.8 Å². The molecule has 0 fully saturated rings. The fourth-order valence-corrected chi connectivity index (χ4v) is 2.99. The van der Waals surface area contributed by atoms with Gasteiger partial charge in [0.1, 0.15) is 17.3 Å². The van der Waals surface area contributed by atoms with E-state index in [-0.39, 0.29) is 18.6 Å². The molecule has 5 nitrogen and oxygen atoms in total. The predicted octanol–water partition coefficient (Wildman–Crippen LogP) is 1.09. The molecule has 1 rings (SSSR count). The molecule has 1 N–H and O–H groups in total. The first kappa shape index (κ1) is 17.1. The average molecular weight is 310 g/mol. The number of sulfonamides is 1. The lowest BCUT2D eigenvalue weighted by Gasteiger charge is -2.22. The summed E-state index contributed by atoms with van der Waals surface area (Å²) in [5, 5.41) is 17.2. The van der Waals surface area contributed by atoms with Crippen LogP contribution in [0, 0.1) is 29.0 Å². The summed E-state index contributed by atoms with van der Waals surface area (Å²) in [6.45, 7) is 1.20. The summed E-state index contributed by atoms with van der Waals surface area (Å²) in [5.74, 6) is 3.92. The van der Waals surface area contributed by atoms with Crippen molar-refractivity contribution in [1.82, 2.24) is 4.31 Å². The minimum absolute atomic E-state index is 0.0113. The molecular weight excluding hydrogens is 295 g/mol. The second kappa shape index (κ2) is 7.19. The van der Waals surface area contributed by atoms with Gasteiger partial charge in [-0.25, -0.2) is 12.8 Å². The molecule has 0 spiro atoms.